The van der Waals surface area contributed by atoms with Gasteiger partial charge in [0.2, 0.25) is 5.91 Å². The molecule has 30 heavy (non-hydrogen) atoms. The molecule has 0 aliphatic rings. The highest BCUT2D eigenvalue weighted by atomic mass is 32.2. The highest BCUT2D eigenvalue weighted by Gasteiger charge is 2.21. The molecule has 0 fully saturated rings. The Morgan fingerprint density at radius 2 is 1.67 bits per heavy atom. The molecule has 158 valence electrons. The number of rotatable bonds is 10. The molecular weight excluding hydrogens is 390 g/mol. The molecule has 1 amide bonds. The average molecular weight is 422 g/mol. The third-order valence-corrected chi connectivity index (χ3v) is 5.88. The molecule has 0 unspecified atom stereocenters. The number of carbonyl (C=O) groups excluding carboxylic acids is 1. The van der Waals surface area contributed by atoms with E-state index in [0.29, 0.717) is 6.42 Å². The zero-order valence-electron chi connectivity index (χ0n) is 18.1. The lowest BCUT2D eigenvalue weighted by atomic mass is 10.0. The lowest BCUT2D eigenvalue weighted by Crippen LogP contribution is -2.23. The van der Waals surface area contributed by atoms with E-state index >= 15 is 0 Å². The van der Waals surface area contributed by atoms with Crippen LogP contribution in [0.25, 0.3) is 22.5 Å². The molecule has 0 saturated carbocycles. The van der Waals surface area contributed by atoms with Crippen LogP contribution in [0.5, 0.6) is 0 Å². The second kappa shape index (κ2) is 11.0. The number of nitrogens with one attached hydrogen (secondary N) is 1. The van der Waals surface area contributed by atoms with E-state index in [1.54, 1.807) is 11.8 Å². The third kappa shape index (κ3) is 5.54. The van der Waals surface area contributed by atoms with E-state index in [9.17, 15) is 4.79 Å². The van der Waals surface area contributed by atoms with E-state index in [0.717, 1.165) is 47.2 Å². The summed E-state index contributed by atoms with van der Waals surface area (Å²) in [6, 6.07) is 21.1. The molecular formula is C25H31N3OS. The summed E-state index contributed by atoms with van der Waals surface area (Å²) in [5.74, 6) is 1.01. The highest BCUT2D eigenvalue weighted by Crippen LogP contribution is 2.38. The van der Waals surface area contributed by atoms with Crippen LogP contribution in [0, 0.1) is 0 Å². The van der Waals surface area contributed by atoms with Gasteiger partial charge in [-0.25, -0.2) is 4.98 Å². The van der Waals surface area contributed by atoms with Gasteiger partial charge in [0.1, 0.15) is 0 Å². The highest BCUT2D eigenvalue weighted by molar-refractivity contribution is 7.99. The molecule has 0 aliphatic carbocycles. The van der Waals surface area contributed by atoms with Gasteiger partial charge in [0.15, 0.2) is 5.16 Å². The fourth-order valence-corrected chi connectivity index (χ4v) is 4.48. The molecule has 0 bridgehead atoms. The number of carbonyl (C=O) groups is 1. The van der Waals surface area contributed by atoms with Crippen molar-refractivity contribution in [1.29, 1.82) is 0 Å². The van der Waals surface area contributed by atoms with Gasteiger partial charge in [0.25, 0.3) is 0 Å². The number of hydrogen-bond acceptors (Lipinski definition) is 3. The first kappa shape index (κ1) is 22.2. The molecule has 0 aliphatic heterocycles. The molecule has 2 aromatic carbocycles. The van der Waals surface area contributed by atoms with Gasteiger partial charge in [-0.2, -0.15) is 0 Å². The van der Waals surface area contributed by atoms with Crippen molar-refractivity contribution < 1.29 is 4.79 Å². The van der Waals surface area contributed by atoms with Crippen molar-refractivity contribution in [3.8, 4) is 22.5 Å². The maximum atomic E-state index is 11.9. The van der Waals surface area contributed by atoms with E-state index in [1.807, 2.05) is 12.1 Å². The zero-order chi connectivity index (χ0) is 21.3. The van der Waals surface area contributed by atoms with Crippen LogP contribution in [0.2, 0.25) is 0 Å². The molecule has 1 aromatic heterocycles. The maximum absolute atomic E-state index is 11.9. The van der Waals surface area contributed by atoms with Crippen LogP contribution in [0.4, 0.5) is 0 Å². The van der Waals surface area contributed by atoms with Gasteiger partial charge in [-0.05, 0) is 26.7 Å². The van der Waals surface area contributed by atoms with Gasteiger partial charge < -0.3 is 9.88 Å². The van der Waals surface area contributed by atoms with Crippen molar-refractivity contribution in [3.05, 3.63) is 60.7 Å². The summed E-state index contributed by atoms with van der Waals surface area (Å²) < 4.78 is 2.33. The van der Waals surface area contributed by atoms with Gasteiger partial charge in [0, 0.05) is 35.9 Å². The normalized spacial score (nSPS) is 11.1. The van der Waals surface area contributed by atoms with Crippen LogP contribution in [0.3, 0.4) is 0 Å². The molecule has 0 spiro atoms. The van der Waals surface area contributed by atoms with Crippen molar-refractivity contribution in [2.45, 2.75) is 51.2 Å². The monoisotopic (exact) mass is 421 g/mol. The number of benzene rings is 2. The SMILES string of the molecule is CCCNC(=O)CCCSc1nc(-c2ccccc2)c(-c2ccccc2)n1C(C)C. The van der Waals surface area contributed by atoms with Crippen LogP contribution in [0.1, 0.15) is 46.1 Å². The summed E-state index contributed by atoms with van der Waals surface area (Å²) in [4.78, 5) is 16.9. The standard InChI is InChI=1S/C25H31N3OS/c1-4-17-26-22(29)16-11-18-30-25-27-23(20-12-7-5-8-13-20)24(28(25)19(2)3)21-14-9-6-10-15-21/h5-10,12-15,19H,4,11,16-18H2,1-3H3,(H,26,29). The van der Waals surface area contributed by atoms with Crippen molar-refractivity contribution in [1.82, 2.24) is 14.9 Å². The fraction of sp³-hybridized carbons (Fsp3) is 0.360. The second-order valence-electron chi connectivity index (χ2n) is 7.59. The van der Waals surface area contributed by atoms with E-state index in [1.165, 1.54) is 5.56 Å². The van der Waals surface area contributed by atoms with Gasteiger partial charge >= 0.3 is 0 Å². The van der Waals surface area contributed by atoms with E-state index < -0.39 is 0 Å². The Balaban J connectivity index is 1.88. The summed E-state index contributed by atoms with van der Waals surface area (Å²) in [6.45, 7) is 7.22. The quantitative estimate of drug-likeness (QED) is 0.313. The second-order valence-corrected chi connectivity index (χ2v) is 8.65. The minimum absolute atomic E-state index is 0.139. The largest absolute Gasteiger partial charge is 0.356 e. The summed E-state index contributed by atoms with van der Waals surface area (Å²) in [7, 11) is 0. The number of nitrogens with zero attached hydrogens (tertiary/aromatic N) is 2. The first-order valence-electron chi connectivity index (χ1n) is 10.7. The molecule has 0 saturated heterocycles. The average Bonchev–Trinajstić information content (AvgIpc) is 3.16. The zero-order valence-corrected chi connectivity index (χ0v) is 18.9. The Labute approximate surface area is 184 Å². The molecule has 3 rings (SSSR count). The van der Waals surface area contributed by atoms with Gasteiger partial charge in [0.05, 0.1) is 11.4 Å². The summed E-state index contributed by atoms with van der Waals surface area (Å²) in [5.41, 5.74) is 4.46. The van der Waals surface area contributed by atoms with Crippen molar-refractivity contribution in [2.75, 3.05) is 12.3 Å². The predicted molar refractivity (Wildman–Crippen MR) is 127 cm³/mol. The fourth-order valence-electron chi connectivity index (χ4n) is 3.41. The van der Waals surface area contributed by atoms with Crippen LogP contribution >= 0.6 is 11.8 Å². The Kier molecular flexibility index (Phi) is 8.14. The Morgan fingerprint density at radius 1 is 1.03 bits per heavy atom. The van der Waals surface area contributed by atoms with Crippen molar-refractivity contribution in [2.24, 2.45) is 0 Å². The van der Waals surface area contributed by atoms with E-state index in [4.69, 9.17) is 4.98 Å². The van der Waals surface area contributed by atoms with Crippen LogP contribution in [-0.2, 0) is 4.79 Å². The van der Waals surface area contributed by atoms with E-state index in [-0.39, 0.29) is 11.9 Å². The smallest absolute Gasteiger partial charge is 0.220 e. The molecule has 0 atom stereocenters. The Bertz CT molecular complexity index is 936. The Morgan fingerprint density at radius 3 is 2.27 bits per heavy atom. The molecule has 5 heteroatoms. The minimum Gasteiger partial charge on any atom is -0.356 e. The Hall–Kier alpha value is -2.53. The molecule has 3 aromatic rings. The number of hydrogen-bond donors (Lipinski definition) is 1. The molecule has 1 N–H and O–H groups in total. The topological polar surface area (TPSA) is 46.9 Å². The minimum atomic E-state index is 0.139. The number of imidazole rings is 1. The van der Waals surface area contributed by atoms with Crippen LogP contribution < -0.4 is 5.32 Å². The van der Waals surface area contributed by atoms with Gasteiger partial charge in [-0.3, -0.25) is 4.79 Å². The first-order chi connectivity index (χ1) is 14.6. The summed E-state index contributed by atoms with van der Waals surface area (Å²) in [5, 5.41) is 3.96. The molecule has 1 heterocycles. The third-order valence-electron chi connectivity index (χ3n) is 4.84. The summed E-state index contributed by atoms with van der Waals surface area (Å²) in [6.07, 6.45) is 2.37. The van der Waals surface area contributed by atoms with E-state index in [2.05, 4.69) is 79.2 Å². The van der Waals surface area contributed by atoms with Crippen molar-refractivity contribution in [3.63, 3.8) is 0 Å². The molecule has 4 nitrogen and oxygen atoms in total. The van der Waals surface area contributed by atoms with Crippen LogP contribution in [-0.4, -0.2) is 27.8 Å². The molecule has 0 radical (unpaired) electrons. The number of thioether (sulfide) groups is 1. The van der Waals surface area contributed by atoms with Crippen LogP contribution in [0.15, 0.2) is 65.8 Å². The summed E-state index contributed by atoms with van der Waals surface area (Å²) >= 11 is 1.74. The lowest BCUT2D eigenvalue weighted by Gasteiger charge is -2.16. The van der Waals surface area contributed by atoms with Crippen molar-refractivity contribution >= 4 is 17.7 Å². The van der Waals surface area contributed by atoms with Gasteiger partial charge in [-0.15, -0.1) is 0 Å². The lowest BCUT2D eigenvalue weighted by molar-refractivity contribution is -0.121. The first-order valence-corrected chi connectivity index (χ1v) is 11.7. The number of aromatic nitrogens is 2. The maximum Gasteiger partial charge on any atom is 0.220 e. The van der Waals surface area contributed by atoms with Gasteiger partial charge in [-0.1, -0.05) is 79.3 Å². The predicted octanol–water partition coefficient (Wildman–Crippen LogP) is 6.20. The number of amides is 1.